The molecule has 0 aliphatic carbocycles. The van der Waals surface area contributed by atoms with Gasteiger partial charge in [0, 0.05) is 11.3 Å². The van der Waals surface area contributed by atoms with E-state index in [0.717, 1.165) is 31.4 Å². The van der Waals surface area contributed by atoms with Crippen LogP contribution in [-0.4, -0.2) is 7.11 Å². The zero-order chi connectivity index (χ0) is 11.9. The van der Waals surface area contributed by atoms with Gasteiger partial charge in [-0.25, -0.2) is 0 Å². The fraction of sp³-hybridized carbons (Fsp3) is 0.333. The minimum atomic E-state index is 0.372. The van der Waals surface area contributed by atoms with Gasteiger partial charge in [0.25, 0.3) is 0 Å². The number of fused-ring (bicyclic) bond motifs is 1. The number of furan rings is 1. The predicted octanol–water partition coefficient (Wildman–Crippen LogP) is 5.09. The third-order valence-electron chi connectivity index (χ3n) is 2.47. The smallest absolute Gasteiger partial charge is 0.149 e. The van der Waals surface area contributed by atoms with Gasteiger partial charge in [-0.15, -0.1) is 0 Å². The van der Waals surface area contributed by atoms with Crippen molar-refractivity contribution in [1.82, 2.24) is 0 Å². The standard InChI is InChI=1S/C12H12Br2O2/c1-6(2)9-4-7-11(14)10(15-3)5-8(13)12(7)16-9/h4-6H,1-3H3. The minimum Gasteiger partial charge on any atom is -0.496 e. The fourth-order valence-electron chi connectivity index (χ4n) is 1.56. The first-order valence-electron chi connectivity index (χ1n) is 5.00. The van der Waals surface area contributed by atoms with Gasteiger partial charge in [0.2, 0.25) is 0 Å². The van der Waals surface area contributed by atoms with Crippen LogP contribution in [0.4, 0.5) is 0 Å². The molecule has 1 aromatic carbocycles. The summed E-state index contributed by atoms with van der Waals surface area (Å²) >= 11 is 7.02. The zero-order valence-electron chi connectivity index (χ0n) is 9.30. The third-order valence-corrected chi connectivity index (χ3v) is 3.87. The number of halogens is 2. The Morgan fingerprint density at radius 1 is 1.25 bits per heavy atom. The van der Waals surface area contributed by atoms with Crippen LogP contribution in [-0.2, 0) is 0 Å². The number of rotatable bonds is 2. The van der Waals surface area contributed by atoms with Crippen molar-refractivity contribution < 1.29 is 9.15 Å². The van der Waals surface area contributed by atoms with Crippen molar-refractivity contribution in [2.24, 2.45) is 0 Å². The molecule has 1 aromatic heterocycles. The fourth-order valence-corrected chi connectivity index (χ4v) is 2.63. The quantitative estimate of drug-likeness (QED) is 0.754. The summed E-state index contributed by atoms with van der Waals surface area (Å²) in [5.41, 5.74) is 0.858. The lowest BCUT2D eigenvalue weighted by molar-refractivity contribution is 0.412. The van der Waals surface area contributed by atoms with Crippen LogP contribution in [0.1, 0.15) is 25.5 Å². The van der Waals surface area contributed by atoms with Crippen LogP contribution in [0.5, 0.6) is 5.75 Å². The molecule has 0 saturated carbocycles. The Hall–Kier alpha value is -0.480. The maximum atomic E-state index is 5.81. The highest BCUT2D eigenvalue weighted by Gasteiger charge is 2.15. The van der Waals surface area contributed by atoms with Crippen molar-refractivity contribution in [2.45, 2.75) is 19.8 Å². The SMILES string of the molecule is COc1cc(Br)c2oc(C(C)C)cc2c1Br. The highest BCUT2D eigenvalue weighted by Crippen LogP contribution is 2.40. The average molecular weight is 348 g/mol. The second-order valence-electron chi connectivity index (χ2n) is 3.92. The lowest BCUT2D eigenvalue weighted by Gasteiger charge is -2.04. The normalized spacial score (nSPS) is 11.4. The van der Waals surface area contributed by atoms with Gasteiger partial charge in [-0.3, -0.25) is 0 Å². The number of ether oxygens (including phenoxy) is 1. The van der Waals surface area contributed by atoms with Gasteiger partial charge in [-0.05, 0) is 44.0 Å². The Bertz CT molecular complexity index is 529. The van der Waals surface area contributed by atoms with E-state index >= 15 is 0 Å². The van der Waals surface area contributed by atoms with E-state index in [1.165, 1.54) is 0 Å². The van der Waals surface area contributed by atoms with E-state index in [1.54, 1.807) is 7.11 Å². The Morgan fingerprint density at radius 3 is 2.50 bits per heavy atom. The molecule has 0 saturated heterocycles. The van der Waals surface area contributed by atoms with E-state index in [9.17, 15) is 0 Å². The summed E-state index contributed by atoms with van der Waals surface area (Å²) in [4.78, 5) is 0. The lowest BCUT2D eigenvalue weighted by Crippen LogP contribution is -1.84. The number of methoxy groups -OCH3 is 1. The summed E-state index contributed by atoms with van der Waals surface area (Å²) in [7, 11) is 1.65. The van der Waals surface area contributed by atoms with Crippen molar-refractivity contribution >= 4 is 42.8 Å². The van der Waals surface area contributed by atoms with Crippen LogP contribution in [0.15, 0.2) is 25.5 Å². The Morgan fingerprint density at radius 2 is 1.94 bits per heavy atom. The lowest BCUT2D eigenvalue weighted by atomic mass is 10.1. The molecule has 86 valence electrons. The summed E-state index contributed by atoms with van der Waals surface area (Å²) in [6, 6.07) is 3.96. The molecule has 0 spiro atoms. The van der Waals surface area contributed by atoms with E-state index < -0.39 is 0 Å². The zero-order valence-corrected chi connectivity index (χ0v) is 12.5. The summed E-state index contributed by atoms with van der Waals surface area (Å²) in [5, 5.41) is 1.04. The first-order valence-corrected chi connectivity index (χ1v) is 6.58. The van der Waals surface area contributed by atoms with Crippen LogP contribution < -0.4 is 4.74 Å². The van der Waals surface area contributed by atoms with Gasteiger partial charge in [0.1, 0.15) is 17.1 Å². The molecule has 0 aliphatic rings. The van der Waals surface area contributed by atoms with E-state index in [-0.39, 0.29) is 0 Å². The van der Waals surface area contributed by atoms with Crippen molar-refractivity contribution in [3.05, 3.63) is 26.8 Å². The number of hydrogen-bond donors (Lipinski definition) is 0. The summed E-state index contributed by atoms with van der Waals surface area (Å²) in [6.07, 6.45) is 0. The van der Waals surface area contributed by atoms with Gasteiger partial charge >= 0.3 is 0 Å². The minimum absolute atomic E-state index is 0.372. The van der Waals surface area contributed by atoms with Crippen molar-refractivity contribution in [1.29, 1.82) is 0 Å². The van der Waals surface area contributed by atoms with Crippen molar-refractivity contribution in [2.75, 3.05) is 7.11 Å². The van der Waals surface area contributed by atoms with Gasteiger partial charge in [-0.2, -0.15) is 0 Å². The Labute approximate surface area is 111 Å². The molecule has 0 N–H and O–H groups in total. The molecule has 0 aliphatic heterocycles. The number of hydrogen-bond acceptors (Lipinski definition) is 2. The number of benzene rings is 1. The predicted molar refractivity (Wildman–Crippen MR) is 72.3 cm³/mol. The average Bonchev–Trinajstić information content (AvgIpc) is 2.68. The van der Waals surface area contributed by atoms with Gasteiger partial charge in [-0.1, -0.05) is 13.8 Å². The monoisotopic (exact) mass is 346 g/mol. The van der Waals surface area contributed by atoms with Crippen molar-refractivity contribution in [3.63, 3.8) is 0 Å². The summed E-state index contributed by atoms with van der Waals surface area (Å²) in [6.45, 7) is 4.22. The van der Waals surface area contributed by atoms with Crippen LogP contribution in [0.25, 0.3) is 11.0 Å². The molecule has 2 rings (SSSR count). The first kappa shape index (κ1) is 12.0. The Kier molecular flexibility index (Phi) is 3.31. The van der Waals surface area contributed by atoms with Crippen LogP contribution in [0, 0.1) is 0 Å². The highest BCUT2D eigenvalue weighted by atomic mass is 79.9. The van der Waals surface area contributed by atoms with Gasteiger partial charge in [0.15, 0.2) is 0 Å². The van der Waals surface area contributed by atoms with E-state index in [1.807, 2.05) is 6.07 Å². The second-order valence-corrected chi connectivity index (χ2v) is 5.57. The van der Waals surface area contributed by atoms with E-state index in [0.29, 0.717) is 5.92 Å². The second kappa shape index (κ2) is 4.41. The summed E-state index contributed by atoms with van der Waals surface area (Å²) in [5.74, 6) is 2.15. The Balaban J connectivity index is 2.75. The third kappa shape index (κ3) is 1.89. The topological polar surface area (TPSA) is 22.4 Å². The molecule has 4 heteroatoms. The maximum Gasteiger partial charge on any atom is 0.149 e. The highest BCUT2D eigenvalue weighted by molar-refractivity contribution is 9.11. The van der Waals surface area contributed by atoms with Gasteiger partial charge < -0.3 is 9.15 Å². The molecule has 16 heavy (non-hydrogen) atoms. The molecular formula is C12H12Br2O2. The largest absolute Gasteiger partial charge is 0.496 e. The van der Waals surface area contributed by atoms with Crippen LogP contribution >= 0.6 is 31.9 Å². The van der Waals surface area contributed by atoms with Crippen molar-refractivity contribution in [3.8, 4) is 5.75 Å². The summed E-state index contributed by atoms with van der Waals surface area (Å²) < 4.78 is 12.9. The van der Waals surface area contributed by atoms with Crippen LogP contribution in [0.2, 0.25) is 0 Å². The maximum absolute atomic E-state index is 5.81. The van der Waals surface area contributed by atoms with Gasteiger partial charge in [0.05, 0.1) is 16.1 Å². The first-order chi connectivity index (χ1) is 7.54. The van der Waals surface area contributed by atoms with E-state index in [4.69, 9.17) is 9.15 Å². The molecule has 0 fully saturated rings. The molecule has 0 unspecified atom stereocenters. The molecule has 0 amide bonds. The molecule has 1 heterocycles. The molecule has 2 aromatic rings. The molecule has 2 nitrogen and oxygen atoms in total. The molecule has 0 bridgehead atoms. The molecule has 0 atom stereocenters. The van der Waals surface area contributed by atoms with E-state index in [2.05, 4.69) is 51.8 Å². The van der Waals surface area contributed by atoms with Crippen LogP contribution in [0.3, 0.4) is 0 Å². The molecular weight excluding hydrogens is 336 g/mol. The molecule has 0 radical (unpaired) electrons.